The van der Waals surface area contributed by atoms with Crippen molar-refractivity contribution in [2.45, 2.75) is 13.0 Å². The molecule has 2 aromatic rings. The fourth-order valence-corrected chi connectivity index (χ4v) is 2.01. The van der Waals surface area contributed by atoms with Crippen molar-refractivity contribution in [2.75, 3.05) is 5.73 Å². The average molecular weight is 263 g/mol. The van der Waals surface area contributed by atoms with E-state index >= 15 is 0 Å². The van der Waals surface area contributed by atoms with Crippen LogP contribution in [0.5, 0.6) is 0 Å². The second-order valence-electron chi connectivity index (χ2n) is 4.38. The molecule has 0 bridgehead atoms. The molecule has 100 valence electrons. The highest BCUT2D eigenvalue weighted by atomic mass is 19.1. The van der Waals surface area contributed by atoms with Gasteiger partial charge in [-0.2, -0.15) is 0 Å². The van der Waals surface area contributed by atoms with Gasteiger partial charge in [-0.15, -0.1) is 0 Å². The van der Waals surface area contributed by atoms with Crippen LogP contribution in [-0.4, -0.2) is 0 Å². The highest BCUT2D eigenvalue weighted by Crippen LogP contribution is 2.27. The molecule has 0 aliphatic heterocycles. The molecule has 5 N–H and O–H groups in total. The van der Waals surface area contributed by atoms with Crippen molar-refractivity contribution in [1.29, 1.82) is 0 Å². The topological polar surface area (TPSA) is 64.1 Å². The smallest absolute Gasteiger partial charge is 0.126 e. The van der Waals surface area contributed by atoms with Gasteiger partial charge in [-0.25, -0.2) is 14.2 Å². The zero-order valence-electron chi connectivity index (χ0n) is 10.5. The summed E-state index contributed by atoms with van der Waals surface area (Å²) >= 11 is 0. The van der Waals surface area contributed by atoms with E-state index in [-0.39, 0.29) is 5.82 Å². The largest absolute Gasteiger partial charge is 0.398 e. The van der Waals surface area contributed by atoms with Crippen LogP contribution in [0.15, 0.2) is 36.4 Å². The van der Waals surface area contributed by atoms with Crippen LogP contribution in [0.3, 0.4) is 0 Å². The molecule has 0 aliphatic rings. The number of hydrogen-bond donors (Lipinski definition) is 3. The molecule has 19 heavy (non-hydrogen) atoms. The third-order valence-corrected chi connectivity index (χ3v) is 3.04. The van der Waals surface area contributed by atoms with Gasteiger partial charge in [-0.05, 0) is 42.3 Å². The maximum Gasteiger partial charge on any atom is 0.126 e. The zero-order valence-corrected chi connectivity index (χ0v) is 10.5. The molecule has 0 amide bonds. The lowest BCUT2D eigenvalue weighted by Gasteiger charge is -2.19. The normalized spacial score (nSPS) is 12.4. The highest BCUT2D eigenvalue weighted by molar-refractivity contribution is 5.51. The summed E-state index contributed by atoms with van der Waals surface area (Å²) in [4.78, 5) is 0. The van der Waals surface area contributed by atoms with Gasteiger partial charge in [0.1, 0.15) is 11.6 Å². The number of halogens is 2. The molecule has 0 radical (unpaired) electrons. The van der Waals surface area contributed by atoms with Gasteiger partial charge < -0.3 is 5.73 Å². The third-order valence-electron chi connectivity index (χ3n) is 3.04. The van der Waals surface area contributed by atoms with Crippen LogP contribution in [0.2, 0.25) is 0 Å². The summed E-state index contributed by atoms with van der Waals surface area (Å²) < 4.78 is 26.6. The van der Waals surface area contributed by atoms with Crippen molar-refractivity contribution in [3.63, 3.8) is 0 Å². The fraction of sp³-hybridized carbons (Fsp3) is 0.143. The van der Waals surface area contributed by atoms with E-state index in [1.807, 2.05) is 0 Å². The maximum atomic E-state index is 13.3. The second-order valence-corrected chi connectivity index (χ2v) is 4.38. The van der Waals surface area contributed by atoms with Crippen molar-refractivity contribution in [3.8, 4) is 0 Å². The Morgan fingerprint density at radius 3 is 2.47 bits per heavy atom. The number of hydrazine groups is 1. The van der Waals surface area contributed by atoms with Crippen molar-refractivity contribution >= 4 is 5.69 Å². The van der Waals surface area contributed by atoms with Crippen LogP contribution in [0.4, 0.5) is 14.5 Å². The number of anilines is 1. The van der Waals surface area contributed by atoms with Crippen LogP contribution in [0.25, 0.3) is 0 Å². The Morgan fingerprint density at radius 2 is 1.84 bits per heavy atom. The molecule has 2 aromatic carbocycles. The Balaban J connectivity index is 2.49. The molecule has 0 saturated carbocycles. The number of benzene rings is 2. The molecule has 0 aromatic heterocycles. The third kappa shape index (κ3) is 2.72. The molecule has 0 spiro atoms. The van der Waals surface area contributed by atoms with Gasteiger partial charge in [-0.3, -0.25) is 5.84 Å². The lowest BCUT2D eigenvalue weighted by molar-refractivity contribution is 0.599. The van der Waals surface area contributed by atoms with Crippen LogP contribution in [0.1, 0.15) is 22.7 Å². The monoisotopic (exact) mass is 263 g/mol. The molecule has 0 fully saturated rings. The first-order valence-electron chi connectivity index (χ1n) is 5.80. The van der Waals surface area contributed by atoms with E-state index in [9.17, 15) is 8.78 Å². The average Bonchev–Trinajstić information content (AvgIpc) is 2.38. The molecule has 1 unspecified atom stereocenters. The molecule has 0 heterocycles. The number of nitrogen functional groups attached to an aromatic ring is 1. The molecule has 1 atom stereocenters. The fourth-order valence-electron chi connectivity index (χ4n) is 2.01. The summed E-state index contributed by atoms with van der Waals surface area (Å²) in [5.41, 5.74) is 10.6. The molecular formula is C14H15F2N3. The van der Waals surface area contributed by atoms with Crippen LogP contribution in [-0.2, 0) is 0 Å². The SMILES string of the molecule is Cc1cc(C(NN)c2cc(F)ccc2N)ccc1F. The van der Waals surface area contributed by atoms with Crippen LogP contribution < -0.4 is 17.0 Å². The molecule has 2 rings (SSSR count). The summed E-state index contributed by atoms with van der Waals surface area (Å²) in [6.45, 7) is 1.65. The van der Waals surface area contributed by atoms with Gasteiger partial charge in [0.05, 0.1) is 6.04 Å². The molecule has 3 nitrogen and oxygen atoms in total. The minimum absolute atomic E-state index is 0.299. The second kappa shape index (κ2) is 5.34. The zero-order chi connectivity index (χ0) is 14.0. The van der Waals surface area contributed by atoms with E-state index < -0.39 is 11.9 Å². The Labute approximate surface area is 110 Å². The Bertz CT molecular complexity index is 599. The lowest BCUT2D eigenvalue weighted by Crippen LogP contribution is -2.29. The highest BCUT2D eigenvalue weighted by Gasteiger charge is 2.16. The molecule has 0 saturated heterocycles. The predicted octanol–water partition coefficient (Wildman–Crippen LogP) is 2.41. The van der Waals surface area contributed by atoms with E-state index in [0.29, 0.717) is 16.8 Å². The quantitative estimate of drug-likeness (QED) is 0.452. The summed E-state index contributed by atoms with van der Waals surface area (Å²) in [5, 5.41) is 0. The lowest BCUT2D eigenvalue weighted by atomic mass is 9.96. The first-order valence-corrected chi connectivity index (χ1v) is 5.80. The Kier molecular flexibility index (Phi) is 3.78. The minimum atomic E-state index is -0.491. The number of aryl methyl sites for hydroxylation is 1. The van der Waals surface area contributed by atoms with Gasteiger partial charge in [0.25, 0.3) is 0 Å². The van der Waals surface area contributed by atoms with Crippen molar-refractivity contribution < 1.29 is 8.78 Å². The van der Waals surface area contributed by atoms with Crippen molar-refractivity contribution in [1.82, 2.24) is 5.43 Å². The predicted molar refractivity (Wildman–Crippen MR) is 71.1 cm³/mol. The first kappa shape index (κ1) is 13.5. The van der Waals surface area contributed by atoms with Gasteiger partial charge in [-0.1, -0.05) is 12.1 Å². The van der Waals surface area contributed by atoms with E-state index in [1.165, 1.54) is 24.3 Å². The van der Waals surface area contributed by atoms with Crippen molar-refractivity contribution in [2.24, 2.45) is 5.84 Å². The van der Waals surface area contributed by atoms with E-state index in [1.54, 1.807) is 19.1 Å². The summed E-state index contributed by atoms with van der Waals surface area (Å²) in [6.07, 6.45) is 0. The van der Waals surface area contributed by atoms with Gasteiger partial charge >= 0.3 is 0 Å². The van der Waals surface area contributed by atoms with Gasteiger partial charge in [0.15, 0.2) is 0 Å². The van der Waals surface area contributed by atoms with Crippen LogP contribution in [0, 0.1) is 18.6 Å². The molecule has 5 heteroatoms. The number of nitrogens with one attached hydrogen (secondary N) is 1. The number of rotatable bonds is 3. The minimum Gasteiger partial charge on any atom is -0.398 e. The van der Waals surface area contributed by atoms with Gasteiger partial charge in [0.2, 0.25) is 0 Å². The first-order chi connectivity index (χ1) is 9.02. The molecule has 0 aliphatic carbocycles. The van der Waals surface area contributed by atoms with Crippen LogP contribution >= 0.6 is 0 Å². The van der Waals surface area contributed by atoms with Gasteiger partial charge in [0, 0.05) is 11.3 Å². The number of hydrogen-bond acceptors (Lipinski definition) is 3. The van der Waals surface area contributed by atoms with E-state index in [0.717, 1.165) is 5.56 Å². The van der Waals surface area contributed by atoms with E-state index in [2.05, 4.69) is 5.43 Å². The number of nitrogens with two attached hydrogens (primary N) is 2. The summed E-state index contributed by atoms with van der Waals surface area (Å²) in [5.74, 6) is 4.82. The van der Waals surface area contributed by atoms with Crippen molar-refractivity contribution in [3.05, 3.63) is 64.7 Å². The standard InChI is InChI=1S/C14H15F2N3/c1-8-6-9(2-4-12(8)16)14(19-18)11-7-10(15)3-5-13(11)17/h2-7,14,19H,17-18H2,1H3. The maximum absolute atomic E-state index is 13.3. The summed E-state index contributed by atoms with van der Waals surface area (Å²) in [7, 11) is 0. The molecular weight excluding hydrogens is 248 g/mol. The Hall–Kier alpha value is -1.98. The summed E-state index contributed by atoms with van der Waals surface area (Å²) in [6, 6.07) is 8.19. The van der Waals surface area contributed by atoms with E-state index in [4.69, 9.17) is 11.6 Å². The Morgan fingerprint density at radius 1 is 1.11 bits per heavy atom.